The Hall–Kier alpha value is -0.570. The molecular weight excluding hydrogens is 214 g/mol. The fourth-order valence-electron chi connectivity index (χ4n) is 3.36. The summed E-state index contributed by atoms with van der Waals surface area (Å²) in [6, 6.07) is 0.276. The van der Waals surface area contributed by atoms with Gasteiger partial charge in [0.15, 0.2) is 0 Å². The molecule has 0 bridgehead atoms. The van der Waals surface area contributed by atoms with E-state index in [1.807, 2.05) is 13.8 Å². The van der Waals surface area contributed by atoms with Crippen LogP contribution in [0.3, 0.4) is 0 Å². The Morgan fingerprint density at radius 3 is 2.65 bits per heavy atom. The molecule has 3 heteroatoms. The minimum atomic E-state index is -0.209. The Morgan fingerprint density at radius 2 is 2.12 bits per heavy atom. The van der Waals surface area contributed by atoms with Crippen molar-refractivity contribution in [3.63, 3.8) is 0 Å². The summed E-state index contributed by atoms with van der Waals surface area (Å²) < 4.78 is 0. The molecule has 0 aromatic rings. The van der Waals surface area contributed by atoms with Gasteiger partial charge in [0, 0.05) is 18.0 Å². The Balaban J connectivity index is 2.12. The summed E-state index contributed by atoms with van der Waals surface area (Å²) in [7, 11) is 0. The average molecular weight is 239 g/mol. The molecule has 2 rings (SSSR count). The van der Waals surface area contributed by atoms with Gasteiger partial charge in [0.25, 0.3) is 0 Å². The SMILES string of the molecule is CCC1CCC(O)CC1N1CCC(C)(C)C1=O. The number of aliphatic hydroxyl groups excluding tert-OH is 1. The van der Waals surface area contributed by atoms with Gasteiger partial charge in [0.1, 0.15) is 0 Å². The van der Waals surface area contributed by atoms with Crippen molar-refractivity contribution in [3.05, 3.63) is 0 Å². The summed E-state index contributed by atoms with van der Waals surface area (Å²) in [6.45, 7) is 7.14. The highest BCUT2D eigenvalue weighted by molar-refractivity contribution is 5.84. The third kappa shape index (κ3) is 2.35. The molecule has 0 spiro atoms. The van der Waals surface area contributed by atoms with Crippen LogP contribution < -0.4 is 0 Å². The van der Waals surface area contributed by atoms with E-state index in [1.165, 1.54) is 0 Å². The van der Waals surface area contributed by atoms with E-state index in [2.05, 4.69) is 11.8 Å². The zero-order chi connectivity index (χ0) is 12.6. The second-order valence-electron chi connectivity index (χ2n) is 6.33. The second kappa shape index (κ2) is 4.60. The molecule has 1 amide bonds. The van der Waals surface area contributed by atoms with E-state index in [-0.39, 0.29) is 23.5 Å². The lowest BCUT2D eigenvalue weighted by molar-refractivity contribution is -0.139. The third-order valence-corrected chi connectivity index (χ3v) is 4.67. The van der Waals surface area contributed by atoms with Crippen molar-refractivity contribution in [2.75, 3.05) is 6.54 Å². The number of carbonyl (C=O) groups excluding carboxylic acids is 1. The van der Waals surface area contributed by atoms with Gasteiger partial charge in [-0.2, -0.15) is 0 Å². The maximum absolute atomic E-state index is 12.3. The van der Waals surface area contributed by atoms with Crippen molar-refractivity contribution in [1.82, 2.24) is 4.90 Å². The monoisotopic (exact) mass is 239 g/mol. The van der Waals surface area contributed by atoms with Crippen LogP contribution in [-0.4, -0.2) is 34.6 Å². The van der Waals surface area contributed by atoms with Crippen LogP contribution in [0.15, 0.2) is 0 Å². The molecule has 1 saturated carbocycles. The van der Waals surface area contributed by atoms with Crippen molar-refractivity contribution in [1.29, 1.82) is 0 Å². The standard InChI is InChI=1S/C14H25NO2/c1-4-10-5-6-11(16)9-12(10)15-8-7-14(2,3)13(15)17/h10-12,16H,4-9H2,1-3H3. The Morgan fingerprint density at radius 1 is 1.41 bits per heavy atom. The first kappa shape index (κ1) is 12.9. The molecule has 0 aromatic heterocycles. The summed E-state index contributed by atoms with van der Waals surface area (Å²) in [5.41, 5.74) is -0.194. The fraction of sp³-hybridized carbons (Fsp3) is 0.929. The van der Waals surface area contributed by atoms with Crippen LogP contribution in [0.4, 0.5) is 0 Å². The fourth-order valence-corrected chi connectivity index (χ4v) is 3.36. The molecule has 0 aromatic carbocycles. The maximum Gasteiger partial charge on any atom is 0.228 e. The van der Waals surface area contributed by atoms with Crippen molar-refractivity contribution < 1.29 is 9.90 Å². The second-order valence-corrected chi connectivity index (χ2v) is 6.33. The molecule has 98 valence electrons. The Kier molecular flexibility index (Phi) is 3.48. The van der Waals surface area contributed by atoms with E-state index in [9.17, 15) is 9.90 Å². The summed E-state index contributed by atoms with van der Waals surface area (Å²) in [5, 5.41) is 9.83. The predicted molar refractivity (Wildman–Crippen MR) is 67.5 cm³/mol. The summed E-state index contributed by atoms with van der Waals surface area (Å²) in [6.07, 6.45) is 4.60. The molecule has 1 saturated heterocycles. The van der Waals surface area contributed by atoms with Crippen LogP contribution in [0.1, 0.15) is 52.9 Å². The highest BCUT2D eigenvalue weighted by Gasteiger charge is 2.44. The number of rotatable bonds is 2. The number of carbonyl (C=O) groups is 1. The minimum Gasteiger partial charge on any atom is -0.393 e. The highest BCUT2D eigenvalue weighted by atomic mass is 16.3. The summed E-state index contributed by atoms with van der Waals surface area (Å²) in [5.74, 6) is 0.867. The topological polar surface area (TPSA) is 40.5 Å². The number of aliphatic hydroxyl groups is 1. The van der Waals surface area contributed by atoms with Gasteiger partial charge in [-0.15, -0.1) is 0 Å². The van der Waals surface area contributed by atoms with Crippen molar-refractivity contribution in [2.45, 2.75) is 65.0 Å². The van der Waals surface area contributed by atoms with Gasteiger partial charge in [-0.25, -0.2) is 0 Å². The number of hydrogen-bond acceptors (Lipinski definition) is 2. The first-order chi connectivity index (χ1) is 7.95. The predicted octanol–water partition coefficient (Wildman–Crippen LogP) is 2.18. The molecule has 17 heavy (non-hydrogen) atoms. The molecule has 1 heterocycles. The van der Waals surface area contributed by atoms with E-state index in [1.54, 1.807) is 0 Å². The molecule has 0 radical (unpaired) electrons. The molecular formula is C14H25NO2. The highest BCUT2D eigenvalue weighted by Crippen LogP contribution is 2.38. The maximum atomic E-state index is 12.3. The molecule has 3 nitrogen and oxygen atoms in total. The van der Waals surface area contributed by atoms with E-state index in [4.69, 9.17) is 0 Å². The third-order valence-electron chi connectivity index (χ3n) is 4.67. The quantitative estimate of drug-likeness (QED) is 0.802. The molecule has 1 N–H and O–H groups in total. The number of amides is 1. The van der Waals surface area contributed by atoms with Crippen LogP contribution in [-0.2, 0) is 4.79 Å². The first-order valence-electron chi connectivity index (χ1n) is 6.95. The number of likely N-dealkylation sites (tertiary alicyclic amines) is 1. The van der Waals surface area contributed by atoms with Crippen LogP contribution in [0, 0.1) is 11.3 Å². The van der Waals surface area contributed by atoms with Gasteiger partial charge in [-0.1, -0.05) is 27.2 Å². The van der Waals surface area contributed by atoms with Gasteiger partial charge in [0.2, 0.25) is 5.91 Å². The van der Waals surface area contributed by atoms with Gasteiger partial charge in [-0.3, -0.25) is 4.79 Å². The zero-order valence-corrected chi connectivity index (χ0v) is 11.3. The lowest BCUT2D eigenvalue weighted by atomic mass is 9.80. The summed E-state index contributed by atoms with van der Waals surface area (Å²) in [4.78, 5) is 14.4. The van der Waals surface area contributed by atoms with Crippen molar-refractivity contribution >= 4 is 5.91 Å². The molecule has 3 unspecified atom stereocenters. The summed E-state index contributed by atoms with van der Waals surface area (Å²) >= 11 is 0. The van der Waals surface area contributed by atoms with Crippen LogP contribution >= 0.6 is 0 Å². The number of hydrogen-bond donors (Lipinski definition) is 1. The molecule has 1 aliphatic heterocycles. The largest absolute Gasteiger partial charge is 0.393 e. The first-order valence-corrected chi connectivity index (χ1v) is 6.95. The molecule has 2 fully saturated rings. The zero-order valence-electron chi connectivity index (χ0n) is 11.3. The lowest BCUT2D eigenvalue weighted by Gasteiger charge is -2.40. The Labute approximate surface area is 104 Å². The van der Waals surface area contributed by atoms with Gasteiger partial charge in [0.05, 0.1) is 6.10 Å². The van der Waals surface area contributed by atoms with E-state index < -0.39 is 0 Å². The van der Waals surface area contributed by atoms with Crippen LogP contribution in [0.25, 0.3) is 0 Å². The number of nitrogens with zero attached hydrogens (tertiary/aromatic N) is 1. The molecule has 3 atom stereocenters. The normalized spacial score (nSPS) is 37.5. The van der Waals surface area contributed by atoms with Gasteiger partial charge in [-0.05, 0) is 31.6 Å². The van der Waals surface area contributed by atoms with E-state index in [0.717, 1.165) is 38.6 Å². The molecule has 1 aliphatic carbocycles. The average Bonchev–Trinajstić information content (AvgIpc) is 2.54. The van der Waals surface area contributed by atoms with E-state index in [0.29, 0.717) is 5.92 Å². The van der Waals surface area contributed by atoms with Crippen molar-refractivity contribution in [3.8, 4) is 0 Å². The molecule has 2 aliphatic rings. The van der Waals surface area contributed by atoms with Gasteiger partial charge >= 0.3 is 0 Å². The lowest BCUT2D eigenvalue weighted by Crippen LogP contribution is -2.47. The van der Waals surface area contributed by atoms with E-state index >= 15 is 0 Å². The van der Waals surface area contributed by atoms with Gasteiger partial charge < -0.3 is 10.0 Å². The Bertz CT molecular complexity index is 301. The van der Waals surface area contributed by atoms with Crippen LogP contribution in [0.5, 0.6) is 0 Å². The van der Waals surface area contributed by atoms with Crippen LogP contribution in [0.2, 0.25) is 0 Å². The van der Waals surface area contributed by atoms with Crippen molar-refractivity contribution in [2.24, 2.45) is 11.3 Å². The minimum absolute atomic E-state index is 0.194. The smallest absolute Gasteiger partial charge is 0.228 e.